The van der Waals surface area contributed by atoms with Gasteiger partial charge in [-0.15, -0.1) is 0 Å². The third-order valence-electron chi connectivity index (χ3n) is 6.54. The van der Waals surface area contributed by atoms with E-state index in [-0.39, 0.29) is 29.6 Å². The maximum absolute atomic E-state index is 14.2. The van der Waals surface area contributed by atoms with E-state index in [2.05, 4.69) is 5.32 Å². The van der Waals surface area contributed by atoms with Crippen LogP contribution >= 0.6 is 11.6 Å². The first kappa shape index (κ1) is 32.8. The molecule has 3 aromatic carbocycles. The number of ether oxygens (including phenoxy) is 2. The number of carbonyl (C=O) groups is 2. The van der Waals surface area contributed by atoms with Gasteiger partial charge in [0.1, 0.15) is 24.1 Å². The van der Waals surface area contributed by atoms with Crippen molar-refractivity contribution < 1.29 is 27.5 Å². The van der Waals surface area contributed by atoms with Crippen LogP contribution < -0.4 is 19.1 Å². The summed E-state index contributed by atoms with van der Waals surface area (Å²) in [5.41, 5.74) is 0.929. The summed E-state index contributed by atoms with van der Waals surface area (Å²) < 4.78 is 40.3. The molecular formula is C31H38ClN3O6S. The predicted molar refractivity (Wildman–Crippen MR) is 165 cm³/mol. The molecule has 226 valence electrons. The predicted octanol–water partition coefficient (Wildman–Crippen LogP) is 5.28. The molecular weight excluding hydrogens is 578 g/mol. The van der Waals surface area contributed by atoms with Crippen LogP contribution in [0.4, 0.5) is 5.69 Å². The van der Waals surface area contributed by atoms with Crippen LogP contribution in [0.1, 0.15) is 39.2 Å². The smallest absolute Gasteiger partial charge is 0.264 e. The van der Waals surface area contributed by atoms with Gasteiger partial charge in [-0.2, -0.15) is 0 Å². The maximum atomic E-state index is 14.2. The zero-order valence-electron chi connectivity index (χ0n) is 24.4. The number of anilines is 1. The van der Waals surface area contributed by atoms with Crippen molar-refractivity contribution >= 4 is 39.1 Å². The first-order valence-corrected chi connectivity index (χ1v) is 15.7. The Bertz CT molecular complexity index is 1450. The van der Waals surface area contributed by atoms with Crippen molar-refractivity contribution in [1.82, 2.24) is 10.2 Å². The van der Waals surface area contributed by atoms with Gasteiger partial charge in [0, 0.05) is 18.1 Å². The molecule has 3 rings (SSSR count). The lowest BCUT2D eigenvalue weighted by Crippen LogP contribution is -2.52. The topological polar surface area (TPSA) is 105 Å². The van der Waals surface area contributed by atoms with E-state index in [0.29, 0.717) is 29.5 Å². The molecule has 0 aliphatic heterocycles. The van der Waals surface area contributed by atoms with E-state index in [1.165, 1.54) is 29.2 Å². The molecule has 0 saturated heterocycles. The number of amides is 2. The zero-order chi connectivity index (χ0) is 30.7. The Kier molecular flexibility index (Phi) is 12.1. The van der Waals surface area contributed by atoms with Crippen LogP contribution in [0, 0.1) is 0 Å². The molecule has 0 aliphatic carbocycles. The van der Waals surface area contributed by atoms with Gasteiger partial charge in [-0.25, -0.2) is 8.42 Å². The lowest BCUT2D eigenvalue weighted by Gasteiger charge is -2.33. The van der Waals surface area contributed by atoms with Crippen LogP contribution in [0.3, 0.4) is 0 Å². The van der Waals surface area contributed by atoms with Crippen LogP contribution in [0.25, 0.3) is 0 Å². The summed E-state index contributed by atoms with van der Waals surface area (Å²) in [5.74, 6) is 0.0379. The molecule has 1 unspecified atom stereocenters. The van der Waals surface area contributed by atoms with E-state index in [1.807, 2.05) is 19.9 Å². The highest BCUT2D eigenvalue weighted by Gasteiger charge is 2.34. The van der Waals surface area contributed by atoms with Crippen LogP contribution in [-0.2, 0) is 26.2 Å². The first-order valence-electron chi connectivity index (χ1n) is 13.9. The molecule has 1 N–H and O–H groups in total. The number of sulfonamides is 1. The molecule has 0 aromatic heterocycles. The minimum atomic E-state index is -4.26. The van der Waals surface area contributed by atoms with Crippen molar-refractivity contribution in [3.8, 4) is 11.5 Å². The second-order valence-corrected chi connectivity index (χ2v) is 11.8. The Morgan fingerprint density at radius 3 is 2.33 bits per heavy atom. The van der Waals surface area contributed by atoms with E-state index >= 15 is 0 Å². The fourth-order valence-corrected chi connectivity index (χ4v) is 5.99. The number of rotatable bonds is 15. The van der Waals surface area contributed by atoms with Crippen LogP contribution in [-0.4, -0.2) is 58.0 Å². The number of nitrogens with zero attached hydrogens (tertiary/aromatic N) is 2. The summed E-state index contributed by atoms with van der Waals surface area (Å²) in [6, 6.07) is 18.7. The zero-order valence-corrected chi connectivity index (χ0v) is 26.0. The van der Waals surface area contributed by atoms with Crippen molar-refractivity contribution in [2.45, 2.75) is 51.1 Å². The Hall–Kier alpha value is -3.76. The summed E-state index contributed by atoms with van der Waals surface area (Å²) in [4.78, 5) is 28.8. The normalized spacial score (nSPS) is 11.8. The third kappa shape index (κ3) is 8.17. The number of methoxy groups -OCH3 is 1. The molecule has 0 heterocycles. The van der Waals surface area contributed by atoms with Gasteiger partial charge < -0.3 is 19.7 Å². The van der Waals surface area contributed by atoms with Gasteiger partial charge in [-0.05, 0) is 73.9 Å². The summed E-state index contributed by atoms with van der Waals surface area (Å²) >= 11 is 6.03. The molecule has 0 aliphatic rings. The summed E-state index contributed by atoms with van der Waals surface area (Å²) in [6.07, 6.45) is 1.05. The Labute approximate surface area is 253 Å². The van der Waals surface area contributed by atoms with Crippen molar-refractivity contribution in [3.63, 3.8) is 0 Å². The lowest BCUT2D eigenvalue weighted by atomic mass is 10.1. The van der Waals surface area contributed by atoms with Gasteiger partial charge in [0.25, 0.3) is 10.0 Å². The third-order valence-corrected chi connectivity index (χ3v) is 8.56. The number of halogens is 1. The molecule has 0 saturated carbocycles. The Balaban J connectivity index is 2.11. The Morgan fingerprint density at radius 1 is 0.976 bits per heavy atom. The van der Waals surface area contributed by atoms with E-state index < -0.39 is 28.5 Å². The first-order chi connectivity index (χ1) is 20.2. The second kappa shape index (κ2) is 15.5. The van der Waals surface area contributed by atoms with E-state index in [4.69, 9.17) is 21.1 Å². The number of carbonyl (C=O) groups excluding carboxylic acids is 2. The lowest BCUT2D eigenvalue weighted by molar-refractivity contribution is -0.140. The highest BCUT2D eigenvalue weighted by atomic mass is 35.5. The standard InChI is InChI=1S/C31H38ClN3O6S/c1-5-19-33-31(37)27(6-2)34(21-23-11-10-12-25(20-23)40-4)30(36)22-35(28-13-8-9-14-29(28)41-7-3)42(38,39)26-17-15-24(32)16-18-26/h8-18,20,27H,5-7,19,21-22H2,1-4H3,(H,33,37). The minimum absolute atomic E-state index is 0.0434. The summed E-state index contributed by atoms with van der Waals surface area (Å²) in [5, 5.41) is 3.25. The fraction of sp³-hybridized carbons (Fsp3) is 0.355. The number of hydrogen-bond acceptors (Lipinski definition) is 6. The number of nitrogens with one attached hydrogen (secondary N) is 1. The molecule has 0 bridgehead atoms. The largest absolute Gasteiger partial charge is 0.497 e. The minimum Gasteiger partial charge on any atom is -0.497 e. The maximum Gasteiger partial charge on any atom is 0.264 e. The second-order valence-electron chi connectivity index (χ2n) is 9.45. The highest BCUT2D eigenvalue weighted by molar-refractivity contribution is 7.92. The average Bonchev–Trinajstić information content (AvgIpc) is 2.99. The number of para-hydroxylation sites is 2. The van der Waals surface area contributed by atoms with Gasteiger partial charge in [0.2, 0.25) is 11.8 Å². The van der Waals surface area contributed by atoms with Crippen molar-refractivity contribution in [2.75, 3.05) is 31.1 Å². The molecule has 0 radical (unpaired) electrons. The van der Waals surface area contributed by atoms with Gasteiger partial charge >= 0.3 is 0 Å². The van der Waals surface area contributed by atoms with E-state index in [1.54, 1.807) is 56.5 Å². The quantitative estimate of drug-likeness (QED) is 0.250. The molecule has 0 spiro atoms. The SMILES string of the molecule is CCCNC(=O)C(CC)N(Cc1cccc(OC)c1)C(=O)CN(c1ccccc1OCC)S(=O)(=O)c1ccc(Cl)cc1. The van der Waals surface area contributed by atoms with Gasteiger partial charge in [0.15, 0.2) is 0 Å². The Morgan fingerprint density at radius 2 is 1.69 bits per heavy atom. The fourth-order valence-electron chi connectivity index (χ4n) is 4.44. The van der Waals surface area contributed by atoms with Crippen molar-refractivity contribution in [2.24, 2.45) is 0 Å². The summed E-state index contributed by atoms with van der Waals surface area (Å²) in [7, 11) is -2.72. The van der Waals surface area contributed by atoms with Crippen LogP contribution in [0.2, 0.25) is 5.02 Å². The molecule has 9 nitrogen and oxygen atoms in total. The van der Waals surface area contributed by atoms with Gasteiger partial charge in [-0.3, -0.25) is 13.9 Å². The van der Waals surface area contributed by atoms with Crippen LogP contribution in [0.5, 0.6) is 11.5 Å². The van der Waals surface area contributed by atoms with E-state index in [0.717, 1.165) is 16.3 Å². The summed E-state index contributed by atoms with van der Waals surface area (Å²) in [6.45, 7) is 5.78. The van der Waals surface area contributed by atoms with Crippen molar-refractivity contribution in [1.29, 1.82) is 0 Å². The van der Waals surface area contributed by atoms with Crippen molar-refractivity contribution in [3.05, 3.63) is 83.4 Å². The monoisotopic (exact) mass is 615 g/mol. The molecule has 1 atom stereocenters. The number of hydrogen-bond donors (Lipinski definition) is 1. The molecule has 11 heteroatoms. The number of benzene rings is 3. The van der Waals surface area contributed by atoms with Gasteiger partial charge in [0.05, 0.1) is 24.3 Å². The van der Waals surface area contributed by atoms with Gasteiger partial charge in [-0.1, -0.05) is 49.7 Å². The van der Waals surface area contributed by atoms with E-state index in [9.17, 15) is 18.0 Å². The molecule has 42 heavy (non-hydrogen) atoms. The molecule has 2 amide bonds. The van der Waals surface area contributed by atoms with Crippen LogP contribution in [0.15, 0.2) is 77.7 Å². The molecule has 3 aromatic rings. The highest BCUT2D eigenvalue weighted by Crippen LogP contribution is 2.33. The molecule has 0 fully saturated rings. The average molecular weight is 616 g/mol.